The molecular weight excluding hydrogens is 583 g/mol. The SMILES string of the molecule is CC(C)CCOc1cccc(C2C(C(=O)c3ccco3)=C(O)C(=O)N2c2nnc(SCc3cccc4ccccc34)s2)c1. The number of ether oxygens (including phenoxy) is 1. The molecule has 43 heavy (non-hydrogen) atoms. The van der Waals surface area contributed by atoms with Crippen LogP contribution in [0, 0.1) is 5.92 Å². The average Bonchev–Trinajstić information content (AvgIpc) is 3.77. The van der Waals surface area contributed by atoms with Crippen LogP contribution in [0.4, 0.5) is 5.13 Å². The highest BCUT2D eigenvalue weighted by molar-refractivity contribution is 8.00. The fourth-order valence-electron chi connectivity index (χ4n) is 4.99. The molecule has 10 heteroatoms. The van der Waals surface area contributed by atoms with Gasteiger partial charge in [-0.05, 0) is 58.5 Å². The number of ketones is 1. The molecule has 1 amide bonds. The summed E-state index contributed by atoms with van der Waals surface area (Å²) in [5.41, 5.74) is 1.67. The van der Waals surface area contributed by atoms with Gasteiger partial charge in [0.05, 0.1) is 24.5 Å². The number of fused-ring (bicyclic) bond motifs is 1. The quantitative estimate of drug-likeness (QED) is 0.0917. The van der Waals surface area contributed by atoms with E-state index in [0.29, 0.717) is 33.9 Å². The number of hydrogen-bond donors (Lipinski definition) is 1. The Balaban J connectivity index is 1.31. The summed E-state index contributed by atoms with van der Waals surface area (Å²) in [7, 11) is 0. The van der Waals surface area contributed by atoms with Crippen molar-refractivity contribution < 1.29 is 23.8 Å². The normalized spacial score (nSPS) is 15.2. The molecule has 0 saturated heterocycles. The van der Waals surface area contributed by atoms with Gasteiger partial charge in [0.15, 0.2) is 15.9 Å². The lowest BCUT2D eigenvalue weighted by Gasteiger charge is -2.24. The van der Waals surface area contributed by atoms with Crippen molar-refractivity contribution >= 4 is 50.7 Å². The van der Waals surface area contributed by atoms with Crippen LogP contribution in [0.2, 0.25) is 0 Å². The Morgan fingerprint density at radius 3 is 2.70 bits per heavy atom. The number of hydrogen-bond acceptors (Lipinski definition) is 9. The molecule has 1 aliphatic heterocycles. The molecule has 0 radical (unpaired) electrons. The van der Waals surface area contributed by atoms with E-state index in [0.717, 1.165) is 17.4 Å². The van der Waals surface area contributed by atoms with E-state index in [1.54, 1.807) is 24.3 Å². The lowest BCUT2D eigenvalue weighted by molar-refractivity contribution is -0.117. The van der Waals surface area contributed by atoms with Gasteiger partial charge in [-0.25, -0.2) is 0 Å². The minimum absolute atomic E-state index is 0.0223. The first-order chi connectivity index (χ1) is 20.9. The fraction of sp³-hybridized carbons (Fsp3) is 0.212. The van der Waals surface area contributed by atoms with Gasteiger partial charge >= 0.3 is 0 Å². The summed E-state index contributed by atoms with van der Waals surface area (Å²) in [5, 5.41) is 22.3. The van der Waals surface area contributed by atoms with Gasteiger partial charge in [-0.3, -0.25) is 14.5 Å². The number of carbonyl (C=O) groups excluding carboxylic acids is 2. The number of benzene rings is 3. The first-order valence-electron chi connectivity index (χ1n) is 13.9. The third kappa shape index (κ3) is 5.93. The highest BCUT2D eigenvalue weighted by atomic mass is 32.2. The molecule has 3 heterocycles. The van der Waals surface area contributed by atoms with E-state index in [4.69, 9.17) is 9.15 Å². The number of Topliss-reactive ketones (excluding diaryl/α,β-unsaturated/α-hetero) is 1. The van der Waals surface area contributed by atoms with Crippen LogP contribution in [-0.4, -0.2) is 33.6 Å². The standard InChI is InChI=1S/C33H29N3O5S2/c1-20(2)15-17-40-24-12-6-10-22(18-24)28-27(29(37)26-14-7-16-41-26)30(38)31(39)36(28)32-34-35-33(43-32)42-19-23-11-5-9-21-8-3-4-13-25(21)23/h3-14,16,18,20,28,38H,15,17,19H2,1-2H3. The lowest BCUT2D eigenvalue weighted by atomic mass is 9.95. The molecule has 0 aliphatic carbocycles. The maximum Gasteiger partial charge on any atom is 0.296 e. The van der Waals surface area contributed by atoms with Gasteiger partial charge in [-0.1, -0.05) is 91.5 Å². The molecule has 8 nitrogen and oxygen atoms in total. The van der Waals surface area contributed by atoms with Crippen molar-refractivity contribution in [2.24, 2.45) is 5.92 Å². The Hall–Kier alpha value is -4.41. The van der Waals surface area contributed by atoms with Gasteiger partial charge in [-0.15, -0.1) is 10.2 Å². The van der Waals surface area contributed by atoms with Crippen molar-refractivity contribution in [1.82, 2.24) is 10.2 Å². The molecule has 1 aliphatic rings. The van der Waals surface area contributed by atoms with Crippen LogP contribution in [0.25, 0.3) is 10.8 Å². The first-order valence-corrected chi connectivity index (χ1v) is 15.7. The molecule has 218 valence electrons. The number of aliphatic hydroxyl groups is 1. The minimum atomic E-state index is -0.956. The Morgan fingerprint density at radius 1 is 1.07 bits per heavy atom. The maximum absolute atomic E-state index is 13.6. The van der Waals surface area contributed by atoms with E-state index in [2.05, 4.69) is 48.3 Å². The van der Waals surface area contributed by atoms with E-state index in [1.165, 1.54) is 45.7 Å². The second-order valence-corrected chi connectivity index (χ2v) is 12.7. The lowest BCUT2D eigenvalue weighted by Crippen LogP contribution is -2.31. The summed E-state index contributed by atoms with van der Waals surface area (Å²) in [6.45, 7) is 4.78. The number of anilines is 1. The smallest absolute Gasteiger partial charge is 0.296 e. The van der Waals surface area contributed by atoms with E-state index in [1.807, 2.05) is 24.3 Å². The molecule has 3 aromatic carbocycles. The predicted octanol–water partition coefficient (Wildman–Crippen LogP) is 7.78. The van der Waals surface area contributed by atoms with Crippen molar-refractivity contribution in [2.45, 2.75) is 36.4 Å². The summed E-state index contributed by atoms with van der Waals surface area (Å²) in [6, 6.07) is 23.8. The van der Waals surface area contributed by atoms with Crippen LogP contribution in [0.3, 0.4) is 0 Å². The van der Waals surface area contributed by atoms with Gasteiger partial charge in [0.2, 0.25) is 10.9 Å². The molecule has 6 rings (SSSR count). The van der Waals surface area contributed by atoms with Crippen LogP contribution in [0.15, 0.2) is 105 Å². The second kappa shape index (κ2) is 12.4. The summed E-state index contributed by atoms with van der Waals surface area (Å²) in [5.74, 6) is -0.183. The van der Waals surface area contributed by atoms with Crippen LogP contribution in [0.5, 0.6) is 5.75 Å². The highest BCUT2D eigenvalue weighted by Gasteiger charge is 2.46. The second-order valence-electron chi connectivity index (χ2n) is 10.5. The number of aromatic nitrogens is 2. The topological polar surface area (TPSA) is 106 Å². The van der Waals surface area contributed by atoms with Crippen molar-refractivity contribution in [3.05, 3.63) is 113 Å². The zero-order valence-corrected chi connectivity index (χ0v) is 25.2. The number of aliphatic hydroxyl groups excluding tert-OH is 1. The van der Waals surface area contributed by atoms with Crippen LogP contribution in [0.1, 0.15) is 48.0 Å². The first kappa shape index (κ1) is 28.7. The van der Waals surface area contributed by atoms with Gasteiger partial charge in [-0.2, -0.15) is 0 Å². The molecule has 0 fully saturated rings. The Bertz CT molecular complexity index is 1810. The average molecular weight is 612 g/mol. The number of amides is 1. The van der Waals surface area contributed by atoms with Crippen LogP contribution >= 0.6 is 23.1 Å². The van der Waals surface area contributed by atoms with Gasteiger partial charge < -0.3 is 14.3 Å². The zero-order chi connectivity index (χ0) is 29.9. The van der Waals surface area contributed by atoms with E-state index in [9.17, 15) is 14.7 Å². The van der Waals surface area contributed by atoms with Crippen molar-refractivity contribution in [3.8, 4) is 5.75 Å². The van der Waals surface area contributed by atoms with Crippen LogP contribution < -0.4 is 9.64 Å². The molecule has 5 aromatic rings. The fourth-order valence-corrected chi connectivity index (χ4v) is 6.86. The predicted molar refractivity (Wildman–Crippen MR) is 168 cm³/mol. The van der Waals surface area contributed by atoms with E-state index >= 15 is 0 Å². The van der Waals surface area contributed by atoms with E-state index < -0.39 is 23.5 Å². The summed E-state index contributed by atoms with van der Waals surface area (Å²) < 4.78 is 12.0. The molecule has 0 saturated carbocycles. The minimum Gasteiger partial charge on any atom is -0.503 e. The molecule has 0 spiro atoms. The molecule has 1 unspecified atom stereocenters. The van der Waals surface area contributed by atoms with Crippen molar-refractivity contribution in [1.29, 1.82) is 0 Å². The summed E-state index contributed by atoms with van der Waals surface area (Å²) >= 11 is 2.75. The summed E-state index contributed by atoms with van der Waals surface area (Å²) in [4.78, 5) is 28.5. The molecule has 1 atom stereocenters. The Morgan fingerprint density at radius 2 is 1.88 bits per heavy atom. The molecule has 2 aromatic heterocycles. The molecule has 1 N–H and O–H groups in total. The zero-order valence-electron chi connectivity index (χ0n) is 23.6. The van der Waals surface area contributed by atoms with Gasteiger partial charge in [0.25, 0.3) is 5.91 Å². The van der Waals surface area contributed by atoms with Crippen LogP contribution in [-0.2, 0) is 10.5 Å². The maximum atomic E-state index is 13.6. The third-order valence-corrected chi connectivity index (χ3v) is 9.27. The number of furan rings is 1. The Kier molecular flexibility index (Phi) is 8.31. The summed E-state index contributed by atoms with van der Waals surface area (Å²) in [6.07, 6.45) is 2.26. The third-order valence-electron chi connectivity index (χ3n) is 7.17. The van der Waals surface area contributed by atoms with Crippen molar-refractivity contribution in [3.63, 3.8) is 0 Å². The number of rotatable bonds is 11. The largest absolute Gasteiger partial charge is 0.503 e. The number of thioether (sulfide) groups is 1. The van der Waals surface area contributed by atoms with Gasteiger partial charge in [0.1, 0.15) is 5.75 Å². The highest BCUT2D eigenvalue weighted by Crippen LogP contribution is 2.44. The van der Waals surface area contributed by atoms with E-state index in [-0.39, 0.29) is 16.5 Å². The number of carbonyl (C=O) groups is 2. The number of nitrogens with zero attached hydrogens (tertiary/aromatic N) is 3. The monoisotopic (exact) mass is 611 g/mol. The van der Waals surface area contributed by atoms with Gasteiger partial charge in [0, 0.05) is 5.75 Å². The molecular formula is C33H29N3O5S2. The van der Waals surface area contributed by atoms with Crippen molar-refractivity contribution in [2.75, 3.05) is 11.5 Å². The molecule has 0 bridgehead atoms. The Labute approximate surface area is 257 Å².